The van der Waals surface area contributed by atoms with Crippen molar-refractivity contribution in [2.24, 2.45) is 11.1 Å². The van der Waals surface area contributed by atoms with E-state index >= 15 is 0 Å². The van der Waals surface area contributed by atoms with Crippen molar-refractivity contribution >= 4 is 5.97 Å². The Morgan fingerprint density at radius 1 is 1.22 bits per heavy atom. The highest BCUT2D eigenvalue weighted by Crippen LogP contribution is 2.35. The molecule has 0 aliphatic heterocycles. The summed E-state index contributed by atoms with van der Waals surface area (Å²) in [7, 11) is 0. The molecule has 0 aromatic heterocycles. The molecule has 0 spiro atoms. The van der Waals surface area contributed by atoms with E-state index in [4.69, 9.17) is 10.5 Å². The van der Waals surface area contributed by atoms with Crippen LogP contribution < -0.4 is 5.73 Å². The van der Waals surface area contributed by atoms with Crippen molar-refractivity contribution in [3.8, 4) is 0 Å². The summed E-state index contributed by atoms with van der Waals surface area (Å²) in [5.74, 6) is -0.280. The summed E-state index contributed by atoms with van der Waals surface area (Å²) in [5, 5.41) is 0. The van der Waals surface area contributed by atoms with Gasteiger partial charge in [0, 0.05) is 0 Å². The molecule has 0 aromatic rings. The second-order valence-corrected chi connectivity index (χ2v) is 5.77. The van der Waals surface area contributed by atoms with Crippen LogP contribution in [0.15, 0.2) is 0 Å². The SMILES string of the molecule is CCCC(C)(CCC)C[C@@H](CC)OC(=O)[C@H](C)N. The van der Waals surface area contributed by atoms with Crippen molar-refractivity contribution in [1.29, 1.82) is 0 Å². The van der Waals surface area contributed by atoms with Gasteiger partial charge in [0.15, 0.2) is 0 Å². The minimum absolute atomic E-state index is 0.00611. The van der Waals surface area contributed by atoms with E-state index in [9.17, 15) is 4.79 Å². The van der Waals surface area contributed by atoms with Gasteiger partial charge in [-0.25, -0.2) is 0 Å². The van der Waals surface area contributed by atoms with Gasteiger partial charge in [0.1, 0.15) is 12.1 Å². The van der Waals surface area contributed by atoms with Gasteiger partial charge in [-0.3, -0.25) is 4.79 Å². The number of carbonyl (C=O) groups is 1. The average Bonchev–Trinajstić information content (AvgIpc) is 2.28. The molecule has 0 saturated heterocycles. The minimum atomic E-state index is -0.525. The Kier molecular flexibility index (Phi) is 8.25. The zero-order chi connectivity index (χ0) is 14.2. The minimum Gasteiger partial charge on any atom is -0.461 e. The third kappa shape index (κ3) is 6.39. The van der Waals surface area contributed by atoms with E-state index in [1.54, 1.807) is 6.92 Å². The summed E-state index contributed by atoms with van der Waals surface area (Å²) in [6.45, 7) is 10.5. The Labute approximate surface area is 112 Å². The number of rotatable bonds is 9. The maximum atomic E-state index is 11.6. The van der Waals surface area contributed by atoms with E-state index < -0.39 is 6.04 Å². The molecule has 3 nitrogen and oxygen atoms in total. The van der Waals surface area contributed by atoms with E-state index in [0.717, 1.165) is 12.8 Å². The smallest absolute Gasteiger partial charge is 0.322 e. The first-order valence-corrected chi connectivity index (χ1v) is 7.34. The summed E-state index contributed by atoms with van der Waals surface area (Å²) < 4.78 is 5.49. The Hall–Kier alpha value is -0.570. The molecule has 108 valence electrons. The fourth-order valence-corrected chi connectivity index (χ4v) is 2.63. The fourth-order valence-electron chi connectivity index (χ4n) is 2.63. The summed E-state index contributed by atoms with van der Waals surface area (Å²) in [4.78, 5) is 11.6. The maximum Gasteiger partial charge on any atom is 0.322 e. The van der Waals surface area contributed by atoms with Crippen molar-refractivity contribution in [2.45, 2.75) is 85.3 Å². The molecule has 0 aliphatic rings. The molecule has 0 saturated carbocycles. The van der Waals surface area contributed by atoms with E-state index in [-0.39, 0.29) is 17.5 Å². The van der Waals surface area contributed by atoms with Gasteiger partial charge in [0.25, 0.3) is 0 Å². The standard InChI is InChI=1S/C15H31NO2/c1-6-9-15(5,10-7-2)11-13(8-3)18-14(17)12(4)16/h12-13H,6-11,16H2,1-5H3/t12-,13+/m0/s1. The molecule has 2 atom stereocenters. The Morgan fingerprint density at radius 2 is 1.72 bits per heavy atom. The molecule has 0 amide bonds. The number of carbonyl (C=O) groups excluding carboxylic acids is 1. The zero-order valence-corrected chi connectivity index (χ0v) is 12.8. The molecular formula is C15H31NO2. The summed E-state index contributed by atoms with van der Waals surface area (Å²) in [6, 6.07) is -0.525. The summed E-state index contributed by atoms with van der Waals surface area (Å²) in [6.07, 6.45) is 6.54. The van der Waals surface area contributed by atoms with E-state index in [1.807, 2.05) is 0 Å². The van der Waals surface area contributed by atoms with Gasteiger partial charge in [0.05, 0.1) is 0 Å². The van der Waals surface area contributed by atoms with Crippen LogP contribution in [0.25, 0.3) is 0 Å². The zero-order valence-electron chi connectivity index (χ0n) is 12.8. The van der Waals surface area contributed by atoms with Crippen LogP contribution in [0, 0.1) is 5.41 Å². The predicted molar refractivity (Wildman–Crippen MR) is 76.4 cm³/mol. The first kappa shape index (κ1) is 17.4. The normalized spacial score (nSPS) is 15.2. The van der Waals surface area contributed by atoms with Crippen molar-refractivity contribution < 1.29 is 9.53 Å². The lowest BCUT2D eigenvalue weighted by molar-refractivity contribution is -0.152. The van der Waals surface area contributed by atoms with Gasteiger partial charge >= 0.3 is 5.97 Å². The van der Waals surface area contributed by atoms with E-state index in [0.29, 0.717) is 0 Å². The van der Waals surface area contributed by atoms with Gasteiger partial charge in [-0.2, -0.15) is 0 Å². The highest BCUT2D eigenvalue weighted by molar-refractivity contribution is 5.75. The number of hydrogen-bond donors (Lipinski definition) is 1. The Morgan fingerprint density at radius 3 is 2.06 bits per heavy atom. The summed E-state index contributed by atoms with van der Waals surface area (Å²) in [5.41, 5.74) is 5.83. The van der Waals surface area contributed by atoms with Crippen LogP contribution in [-0.2, 0) is 9.53 Å². The first-order valence-electron chi connectivity index (χ1n) is 7.34. The van der Waals surface area contributed by atoms with Gasteiger partial charge in [-0.1, -0.05) is 40.5 Å². The van der Waals surface area contributed by atoms with Crippen LogP contribution in [0.5, 0.6) is 0 Å². The number of ether oxygens (including phenoxy) is 1. The monoisotopic (exact) mass is 257 g/mol. The molecule has 0 fully saturated rings. The maximum absolute atomic E-state index is 11.6. The van der Waals surface area contributed by atoms with Gasteiger partial charge in [0.2, 0.25) is 0 Å². The molecule has 3 heteroatoms. The van der Waals surface area contributed by atoms with Gasteiger partial charge in [-0.05, 0) is 38.0 Å². The van der Waals surface area contributed by atoms with Crippen LogP contribution in [0.1, 0.15) is 73.1 Å². The van der Waals surface area contributed by atoms with Crippen LogP contribution >= 0.6 is 0 Å². The number of nitrogens with two attached hydrogens (primary N) is 1. The van der Waals surface area contributed by atoms with Crippen molar-refractivity contribution in [3.05, 3.63) is 0 Å². The molecule has 0 heterocycles. The largest absolute Gasteiger partial charge is 0.461 e. The number of esters is 1. The van der Waals surface area contributed by atoms with Crippen LogP contribution in [0.2, 0.25) is 0 Å². The lowest BCUT2D eigenvalue weighted by Crippen LogP contribution is -2.34. The lowest BCUT2D eigenvalue weighted by atomic mass is 9.76. The van der Waals surface area contributed by atoms with Crippen LogP contribution in [0.4, 0.5) is 0 Å². The molecule has 2 N–H and O–H groups in total. The second kappa shape index (κ2) is 8.52. The van der Waals surface area contributed by atoms with Crippen molar-refractivity contribution in [1.82, 2.24) is 0 Å². The third-order valence-electron chi connectivity index (χ3n) is 3.54. The quantitative estimate of drug-likeness (QED) is 0.641. The Bertz CT molecular complexity index is 233. The molecule has 0 bridgehead atoms. The van der Waals surface area contributed by atoms with Crippen LogP contribution in [-0.4, -0.2) is 18.1 Å². The Balaban J connectivity index is 4.51. The summed E-state index contributed by atoms with van der Waals surface area (Å²) >= 11 is 0. The topological polar surface area (TPSA) is 52.3 Å². The highest BCUT2D eigenvalue weighted by atomic mass is 16.5. The molecule has 0 aliphatic carbocycles. The second-order valence-electron chi connectivity index (χ2n) is 5.77. The van der Waals surface area contributed by atoms with Gasteiger partial charge < -0.3 is 10.5 Å². The van der Waals surface area contributed by atoms with E-state index in [1.165, 1.54) is 25.7 Å². The highest BCUT2D eigenvalue weighted by Gasteiger charge is 2.28. The lowest BCUT2D eigenvalue weighted by Gasteiger charge is -2.33. The first-order chi connectivity index (χ1) is 8.38. The molecular weight excluding hydrogens is 226 g/mol. The van der Waals surface area contributed by atoms with Crippen LogP contribution in [0.3, 0.4) is 0 Å². The van der Waals surface area contributed by atoms with Crippen molar-refractivity contribution in [2.75, 3.05) is 0 Å². The average molecular weight is 257 g/mol. The molecule has 0 rings (SSSR count). The molecule has 0 radical (unpaired) electrons. The molecule has 0 unspecified atom stereocenters. The predicted octanol–water partition coefficient (Wildman–Crippen LogP) is 3.65. The number of hydrogen-bond acceptors (Lipinski definition) is 3. The van der Waals surface area contributed by atoms with Gasteiger partial charge in [-0.15, -0.1) is 0 Å². The third-order valence-corrected chi connectivity index (χ3v) is 3.54. The fraction of sp³-hybridized carbons (Fsp3) is 0.933. The molecule has 18 heavy (non-hydrogen) atoms. The molecule has 0 aromatic carbocycles. The van der Waals surface area contributed by atoms with Crippen molar-refractivity contribution in [3.63, 3.8) is 0 Å². The van der Waals surface area contributed by atoms with E-state index in [2.05, 4.69) is 27.7 Å².